The fourth-order valence-electron chi connectivity index (χ4n) is 3.49. The van der Waals surface area contributed by atoms with Crippen LogP contribution in [0.5, 0.6) is 5.75 Å². The molecule has 3 heteroatoms. The highest BCUT2D eigenvalue weighted by Gasteiger charge is 2.35. The summed E-state index contributed by atoms with van der Waals surface area (Å²) in [7, 11) is 0. The van der Waals surface area contributed by atoms with Gasteiger partial charge in [0.2, 0.25) is 0 Å². The van der Waals surface area contributed by atoms with Gasteiger partial charge in [0.25, 0.3) is 0 Å². The molecule has 2 atom stereocenters. The number of ether oxygens (including phenoxy) is 1. The SMILES string of the molecule is CCCOc1ccc2cc(C(O)(CCC)C(C)CNC(C)(C)C)ccc2c1. The highest BCUT2D eigenvalue weighted by Crippen LogP contribution is 2.36. The van der Waals surface area contributed by atoms with Crippen LogP contribution in [-0.4, -0.2) is 23.8 Å². The van der Waals surface area contributed by atoms with Crippen LogP contribution in [0, 0.1) is 5.92 Å². The Kier molecular flexibility index (Phi) is 7.30. The molecule has 0 fully saturated rings. The first-order valence-electron chi connectivity index (χ1n) is 10.3. The largest absolute Gasteiger partial charge is 0.494 e. The fourth-order valence-corrected chi connectivity index (χ4v) is 3.49. The van der Waals surface area contributed by atoms with Crippen LogP contribution in [0.4, 0.5) is 0 Å². The normalized spacial score (nSPS) is 15.5. The van der Waals surface area contributed by atoms with Crippen molar-refractivity contribution in [2.45, 2.75) is 71.9 Å². The van der Waals surface area contributed by atoms with Crippen molar-refractivity contribution in [3.05, 3.63) is 42.0 Å². The van der Waals surface area contributed by atoms with Crippen LogP contribution in [0.1, 0.15) is 66.4 Å². The molecule has 3 nitrogen and oxygen atoms in total. The average molecular weight is 372 g/mol. The van der Waals surface area contributed by atoms with E-state index in [1.807, 2.05) is 6.07 Å². The minimum absolute atomic E-state index is 0.0413. The van der Waals surface area contributed by atoms with Crippen molar-refractivity contribution >= 4 is 10.8 Å². The van der Waals surface area contributed by atoms with Crippen LogP contribution in [0.25, 0.3) is 10.8 Å². The number of hydrogen-bond acceptors (Lipinski definition) is 3. The van der Waals surface area contributed by atoms with Crippen LogP contribution in [0.2, 0.25) is 0 Å². The van der Waals surface area contributed by atoms with Gasteiger partial charge < -0.3 is 15.2 Å². The average Bonchev–Trinajstić information content (AvgIpc) is 2.63. The predicted molar refractivity (Wildman–Crippen MR) is 115 cm³/mol. The van der Waals surface area contributed by atoms with E-state index >= 15 is 0 Å². The topological polar surface area (TPSA) is 41.5 Å². The lowest BCUT2D eigenvalue weighted by Gasteiger charge is -2.37. The molecule has 0 spiro atoms. The van der Waals surface area contributed by atoms with Crippen molar-refractivity contribution in [1.29, 1.82) is 0 Å². The molecule has 0 aliphatic heterocycles. The van der Waals surface area contributed by atoms with Crippen LogP contribution in [0.3, 0.4) is 0 Å². The van der Waals surface area contributed by atoms with Crippen molar-refractivity contribution in [2.75, 3.05) is 13.2 Å². The van der Waals surface area contributed by atoms with Crippen molar-refractivity contribution in [2.24, 2.45) is 5.92 Å². The summed E-state index contributed by atoms with van der Waals surface area (Å²) < 4.78 is 5.74. The smallest absolute Gasteiger partial charge is 0.119 e. The zero-order valence-corrected chi connectivity index (χ0v) is 17.9. The third kappa shape index (κ3) is 5.70. The molecule has 2 aromatic carbocycles. The molecular weight excluding hydrogens is 334 g/mol. The van der Waals surface area contributed by atoms with E-state index in [1.54, 1.807) is 0 Å². The molecule has 27 heavy (non-hydrogen) atoms. The summed E-state index contributed by atoms with van der Waals surface area (Å²) >= 11 is 0. The van der Waals surface area contributed by atoms with Crippen molar-refractivity contribution < 1.29 is 9.84 Å². The second-order valence-corrected chi connectivity index (χ2v) is 8.78. The number of aliphatic hydroxyl groups is 1. The fraction of sp³-hybridized carbons (Fsp3) is 0.583. The summed E-state index contributed by atoms with van der Waals surface area (Å²) in [6.07, 6.45) is 2.70. The predicted octanol–water partition coefficient (Wildman–Crippen LogP) is 5.64. The highest BCUT2D eigenvalue weighted by atomic mass is 16.5. The van der Waals surface area contributed by atoms with Crippen LogP contribution in [-0.2, 0) is 5.60 Å². The zero-order chi connectivity index (χ0) is 20.1. The lowest BCUT2D eigenvalue weighted by molar-refractivity contribution is -0.0270. The third-order valence-corrected chi connectivity index (χ3v) is 5.17. The first-order chi connectivity index (χ1) is 12.7. The second-order valence-electron chi connectivity index (χ2n) is 8.78. The van der Waals surface area contributed by atoms with Crippen molar-refractivity contribution in [3.8, 4) is 5.75 Å². The maximum absolute atomic E-state index is 11.6. The Morgan fingerprint density at radius 1 is 1.00 bits per heavy atom. The molecule has 0 bridgehead atoms. The van der Waals surface area contributed by atoms with Gasteiger partial charge in [-0.3, -0.25) is 0 Å². The molecule has 2 N–H and O–H groups in total. The Bertz CT molecular complexity index is 735. The van der Waals surface area contributed by atoms with E-state index in [9.17, 15) is 5.11 Å². The third-order valence-electron chi connectivity index (χ3n) is 5.17. The van der Waals surface area contributed by atoms with Crippen LogP contribution >= 0.6 is 0 Å². The van der Waals surface area contributed by atoms with Gasteiger partial charge in [-0.05, 0) is 68.1 Å². The van der Waals surface area contributed by atoms with Crippen molar-refractivity contribution in [1.82, 2.24) is 5.32 Å². The molecular formula is C24H37NO2. The highest BCUT2D eigenvalue weighted by molar-refractivity contribution is 5.84. The molecule has 0 heterocycles. The number of nitrogens with one attached hydrogen (secondary N) is 1. The molecule has 0 aliphatic rings. The summed E-state index contributed by atoms with van der Waals surface area (Å²) in [5, 5.41) is 17.4. The molecule has 150 valence electrons. The minimum atomic E-state index is -0.835. The van der Waals surface area contributed by atoms with Gasteiger partial charge >= 0.3 is 0 Å². The Morgan fingerprint density at radius 3 is 2.30 bits per heavy atom. The molecule has 2 unspecified atom stereocenters. The Labute approximate surface area is 165 Å². The van der Waals surface area contributed by atoms with Crippen LogP contribution in [0.15, 0.2) is 36.4 Å². The van der Waals surface area contributed by atoms with Crippen molar-refractivity contribution in [3.63, 3.8) is 0 Å². The molecule has 0 saturated heterocycles. The number of hydrogen-bond donors (Lipinski definition) is 2. The number of benzene rings is 2. The summed E-state index contributed by atoms with van der Waals surface area (Å²) in [5.74, 6) is 1.02. The Balaban J connectivity index is 2.31. The van der Waals surface area contributed by atoms with Gasteiger partial charge in [-0.2, -0.15) is 0 Å². The van der Waals surface area contributed by atoms with Gasteiger partial charge in [-0.15, -0.1) is 0 Å². The van der Waals surface area contributed by atoms with E-state index in [1.165, 1.54) is 0 Å². The van der Waals surface area contributed by atoms with E-state index in [4.69, 9.17) is 4.74 Å². The quantitative estimate of drug-likeness (QED) is 0.599. The summed E-state index contributed by atoms with van der Waals surface area (Å²) in [6.45, 7) is 14.4. The van der Waals surface area contributed by atoms with Gasteiger partial charge in [-0.1, -0.05) is 45.4 Å². The zero-order valence-electron chi connectivity index (χ0n) is 17.9. The molecule has 0 saturated carbocycles. The van der Waals surface area contributed by atoms with Crippen LogP contribution < -0.4 is 10.1 Å². The molecule has 2 rings (SSSR count). The number of rotatable bonds is 9. The van der Waals surface area contributed by atoms with E-state index in [0.717, 1.165) is 54.5 Å². The van der Waals surface area contributed by atoms with Gasteiger partial charge in [0.05, 0.1) is 12.2 Å². The molecule has 0 aromatic heterocycles. The van der Waals surface area contributed by atoms with E-state index in [0.29, 0.717) is 0 Å². The van der Waals surface area contributed by atoms with Gasteiger partial charge in [0, 0.05) is 18.0 Å². The molecule has 0 aliphatic carbocycles. The van der Waals surface area contributed by atoms with E-state index < -0.39 is 5.60 Å². The standard InChI is InChI=1S/C24H37NO2/c1-7-13-24(26,18(3)17-25-23(4,5)6)21-11-9-20-16-22(27-14-8-2)12-10-19(20)15-21/h9-12,15-16,18,25-26H,7-8,13-14,17H2,1-6H3. The molecule has 0 amide bonds. The monoisotopic (exact) mass is 371 g/mol. The maximum Gasteiger partial charge on any atom is 0.119 e. The summed E-state index contributed by atoms with van der Waals surface area (Å²) in [5.41, 5.74) is 0.209. The Hall–Kier alpha value is -1.58. The molecule has 0 radical (unpaired) electrons. The molecule has 2 aromatic rings. The lowest BCUT2D eigenvalue weighted by Crippen LogP contribution is -2.45. The van der Waals surface area contributed by atoms with Gasteiger partial charge in [0.15, 0.2) is 0 Å². The van der Waals surface area contributed by atoms with Gasteiger partial charge in [-0.25, -0.2) is 0 Å². The lowest BCUT2D eigenvalue weighted by atomic mass is 9.78. The minimum Gasteiger partial charge on any atom is -0.494 e. The van der Waals surface area contributed by atoms with Gasteiger partial charge in [0.1, 0.15) is 5.75 Å². The first kappa shape index (κ1) is 21.7. The summed E-state index contributed by atoms with van der Waals surface area (Å²) in [4.78, 5) is 0. The second kappa shape index (κ2) is 9.07. The van der Waals surface area contributed by atoms with E-state index in [-0.39, 0.29) is 11.5 Å². The first-order valence-corrected chi connectivity index (χ1v) is 10.3. The Morgan fingerprint density at radius 2 is 1.67 bits per heavy atom. The van der Waals surface area contributed by atoms with E-state index in [2.05, 4.69) is 77.2 Å². The summed E-state index contributed by atoms with van der Waals surface area (Å²) in [6, 6.07) is 12.5. The number of fused-ring (bicyclic) bond motifs is 1. The maximum atomic E-state index is 11.6.